The first-order valence-corrected chi connectivity index (χ1v) is 22.6. The lowest BCUT2D eigenvalue weighted by Gasteiger charge is -2.36. The van der Waals surface area contributed by atoms with Gasteiger partial charge in [0.2, 0.25) is 0 Å². The Morgan fingerprint density at radius 1 is 0.723 bits per heavy atom. The van der Waals surface area contributed by atoms with Crippen LogP contribution in [-0.2, 0) is 30.7 Å². The lowest BCUT2D eigenvalue weighted by molar-refractivity contribution is -0.923. The normalized spacial score (nSPS) is 13.9. The van der Waals surface area contributed by atoms with Gasteiger partial charge in [0.15, 0.2) is 0 Å². The van der Waals surface area contributed by atoms with Crippen LogP contribution in [0, 0.1) is 0 Å². The molecule has 8 aromatic rings. The fraction of sp³-hybridized carbons (Fsp3) is 0.314. The summed E-state index contributed by atoms with van der Waals surface area (Å²) in [7, 11) is 8.04. The number of carbonyl (C=O) groups excluding carboxylic acids is 1. The molecule has 1 N–H and O–H groups in total. The zero-order chi connectivity index (χ0) is 44.5. The van der Waals surface area contributed by atoms with Gasteiger partial charge in [-0.05, 0) is 112 Å². The first-order chi connectivity index (χ1) is 31.7. The lowest BCUT2D eigenvalue weighted by Crippen LogP contribution is -2.60. The second kappa shape index (κ2) is 17.9. The van der Waals surface area contributed by atoms with Gasteiger partial charge in [-0.3, -0.25) is 38.6 Å². The van der Waals surface area contributed by atoms with Crippen molar-refractivity contribution in [1.29, 1.82) is 0 Å². The van der Waals surface area contributed by atoms with Gasteiger partial charge in [-0.25, -0.2) is 0 Å². The minimum atomic E-state index is -0.836. The maximum Gasteiger partial charge on any atom is 0.320 e. The van der Waals surface area contributed by atoms with Crippen LogP contribution in [0.1, 0.15) is 30.7 Å². The van der Waals surface area contributed by atoms with Gasteiger partial charge in [-0.1, -0.05) is 12.1 Å². The SMILES string of the molecule is CN(C)CCNC(=O)C(Oc1ccc2c(-c3c(-c4ccccn4)nn4c3CCC4)ccnc2c1)[N+](C)(C)CCCOc1ccc2c(-c3c(-c4ccccn4)nn4c3CCC4)ccnc2c1. The number of rotatable bonds is 16. The van der Waals surface area contributed by atoms with Crippen molar-refractivity contribution in [3.05, 3.63) is 121 Å². The van der Waals surface area contributed by atoms with Crippen LogP contribution >= 0.6 is 0 Å². The van der Waals surface area contributed by atoms with Gasteiger partial charge in [0.1, 0.15) is 22.9 Å². The van der Waals surface area contributed by atoms with E-state index in [4.69, 9.17) is 29.6 Å². The van der Waals surface area contributed by atoms with Gasteiger partial charge in [0, 0.05) is 103 Å². The highest BCUT2D eigenvalue weighted by Crippen LogP contribution is 2.42. The molecule has 1 amide bonds. The molecule has 330 valence electrons. The number of pyridine rings is 4. The summed E-state index contributed by atoms with van der Waals surface area (Å²) in [5.41, 5.74) is 11.9. The number of hydrogen-bond acceptors (Lipinski definition) is 10. The first-order valence-electron chi connectivity index (χ1n) is 22.6. The molecule has 0 saturated heterocycles. The topological polar surface area (TPSA) is 138 Å². The van der Waals surface area contributed by atoms with Gasteiger partial charge in [0.25, 0.3) is 0 Å². The summed E-state index contributed by atoms with van der Waals surface area (Å²) in [5, 5.41) is 15.2. The van der Waals surface area contributed by atoms with E-state index in [-0.39, 0.29) is 10.4 Å². The average molecular weight is 869 g/mol. The monoisotopic (exact) mass is 868 g/mol. The molecule has 1 unspecified atom stereocenters. The number of carbonyl (C=O) groups is 1. The van der Waals surface area contributed by atoms with E-state index in [1.165, 1.54) is 11.4 Å². The Balaban J connectivity index is 0.864. The molecule has 65 heavy (non-hydrogen) atoms. The predicted molar refractivity (Wildman–Crippen MR) is 252 cm³/mol. The fourth-order valence-corrected chi connectivity index (χ4v) is 9.36. The van der Waals surface area contributed by atoms with Crippen LogP contribution in [-0.4, -0.2) is 115 Å². The molecule has 0 aliphatic carbocycles. The number of aromatic nitrogens is 8. The molecule has 2 aliphatic rings. The minimum Gasteiger partial charge on any atom is -0.493 e. The van der Waals surface area contributed by atoms with Crippen LogP contribution in [0.5, 0.6) is 11.5 Å². The van der Waals surface area contributed by atoms with Crippen molar-refractivity contribution in [3.63, 3.8) is 0 Å². The highest BCUT2D eigenvalue weighted by molar-refractivity contribution is 6.00. The maximum absolute atomic E-state index is 14.0. The van der Waals surface area contributed by atoms with Crippen LogP contribution in [0.4, 0.5) is 0 Å². The van der Waals surface area contributed by atoms with E-state index in [2.05, 4.69) is 42.8 Å². The number of nitrogens with zero attached hydrogens (tertiary/aromatic N) is 10. The van der Waals surface area contributed by atoms with Gasteiger partial charge < -0.3 is 19.7 Å². The molecule has 14 heteroatoms. The molecule has 0 spiro atoms. The smallest absolute Gasteiger partial charge is 0.320 e. The van der Waals surface area contributed by atoms with Crippen molar-refractivity contribution in [2.24, 2.45) is 0 Å². The van der Waals surface area contributed by atoms with Crippen molar-refractivity contribution in [3.8, 4) is 56.5 Å². The van der Waals surface area contributed by atoms with Crippen LogP contribution in [0.2, 0.25) is 0 Å². The number of fused-ring (bicyclic) bond motifs is 4. The molecular formula is C51H54N11O3+. The number of likely N-dealkylation sites (N-methyl/N-ethyl adjacent to an activating group) is 2. The lowest BCUT2D eigenvalue weighted by atomic mass is 9.96. The predicted octanol–water partition coefficient (Wildman–Crippen LogP) is 7.45. The number of amides is 1. The molecule has 0 radical (unpaired) electrons. The molecule has 0 saturated carbocycles. The minimum absolute atomic E-state index is 0.179. The van der Waals surface area contributed by atoms with Gasteiger partial charge >= 0.3 is 12.1 Å². The van der Waals surface area contributed by atoms with E-state index >= 15 is 0 Å². The van der Waals surface area contributed by atoms with E-state index in [1.54, 1.807) is 0 Å². The Bertz CT molecular complexity index is 3000. The van der Waals surface area contributed by atoms with E-state index < -0.39 is 6.23 Å². The number of nitrogens with one attached hydrogen (secondary N) is 1. The van der Waals surface area contributed by atoms with Crippen molar-refractivity contribution in [2.45, 2.75) is 51.4 Å². The van der Waals surface area contributed by atoms with Crippen molar-refractivity contribution < 1.29 is 18.8 Å². The van der Waals surface area contributed by atoms with Crippen LogP contribution < -0.4 is 14.8 Å². The summed E-state index contributed by atoms with van der Waals surface area (Å²) in [5.74, 6) is 1.13. The molecule has 14 nitrogen and oxygen atoms in total. The summed E-state index contributed by atoms with van der Waals surface area (Å²) in [4.78, 5) is 34.9. The Labute approximate surface area is 378 Å². The third kappa shape index (κ3) is 8.42. The summed E-state index contributed by atoms with van der Waals surface area (Å²) in [6.07, 6.45) is 11.2. The maximum atomic E-state index is 14.0. The molecule has 0 fully saturated rings. The van der Waals surface area contributed by atoms with E-state index in [0.717, 1.165) is 111 Å². The van der Waals surface area contributed by atoms with Gasteiger partial charge in [-0.2, -0.15) is 10.2 Å². The zero-order valence-electron chi connectivity index (χ0n) is 37.4. The Kier molecular flexibility index (Phi) is 11.5. The quantitative estimate of drug-likeness (QED) is 0.0592. The van der Waals surface area contributed by atoms with Crippen LogP contribution in [0.25, 0.3) is 66.8 Å². The second-order valence-corrected chi connectivity index (χ2v) is 17.8. The highest BCUT2D eigenvalue weighted by Gasteiger charge is 2.37. The van der Waals surface area contributed by atoms with Crippen LogP contribution in [0.3, 0.4) is 0 Å². The van der Waals surface area contributed by atoms with Gasteiger partial charge in [0.05, 0.1) is 49.7 Å². The first kappa shape index (κ1) is 42.0. The zero-order valence-corrected chi connectivity index (χ0v) is 37.4. The van der Waals surface area contributed by atoms with E-state index in [9.17, 15) is 4.79 Å². The molecule has 10 rings (SSSR count). The van der Waals surface area contributed by atoms with E-state index in [0.29, 0.717) is 38.4 Å². The standard InChI is InChI=1S/C51H53N11O3/c1-59(2)29-26-56-50(63)51(65-35-17-19-37-39(21-25-55-43(37)33-35)47-45-15-10-28-61(45)58-49(47)41-13-6-8-23-53-41)62(3,4)30-11-31-64-34-16-18-36-38(20-24-54-42(36)32-34)46-44-14-9-27-60(44)57-48(46)40-12-5-7-22-52-40/h5-8,12-13,16-25,32-33,51H,9-11,14-15,26-31H2,1-4H3/p+1. The summed E-state index contributed by atoms with van der Waals surface area (Å²) >= 11 is 0. The third-order valence-corrected chi connectivity index (χ3v) is 12.6. The Morgan fingerprint density at radius 3 is 1.85 bits per heavy atom. The fourth-order valence-electron chi connectivity index (χ4n) is 9.36. The number of hydrogen-bond donors (Lipinski definition) is 1. The van der Waals surface area contributed by atoms with Crippen molar-refractivity contribution >= 4 is 27.7 Å². The molecular weight excluding hydrogens is 815 g/mol. The molecule has 2 aliphatic heterocycles. The molecule has 8 heterocycles. The van der Waals surface area contributed by atoms with Crippen molar-refractivity contribution in [1.82, 2.24) is 49.7 Å². The number of aryl methyl sites for hydroxylation is 2. The summed E-state index contributed by atoms with van der Waals surface area (Å²) in [6, 6.07) is 28.1. The number of ether oxygens (including phenoxy) is 2. The largest absolute Gasteiger partial charge is 0.493 e. The third-order valence-electron chi connectivity index (χ3n) is 12.6. The molecule has 0 bridgehead atoms. The van der Waals surface area contributed by atoms with Crippen LogP contribution in [0.15, 0.2) is 110 Å². The Hall–Kier alpha value is -7.03. The molecule has 2 aromatic carbocycles. The number of quaternary nitrogens is 1. The summed E-state index contributed by atoms with van der Waals surface area (Å²) in [6.45, 7) is 4.07. The molecule has 1 atom stereocenters. The second-order valence-electron chi connectivity index (χ2n) is 17.8. The Morgan fingerprint density at radius 2 is 1.29 bits per heavy atom. The highest BCUT2D eigenvalue weighted by atomic mass is 16.5. The molecule has 6 aromatic heterocycles. The summed E-state index contributed by atoms with van der Waals surface area (Å²) < 4.78 is 17.6. The van der Waals surface area contributed by atoms with Crippen molar-refractivity contribution in [2.75, 3.05) is 54.4 Å². The van der Waals surface area contributed by atoms with Gasteiger partial charge in [-0.15, -0.1) is 0 Å². The number of benzene rings is 2. The van der Waals surface area contributed by atoms with E-state index in [1.807, 2.05) is 125 Å². The average Bonchev–Trinajstić information content (AvgIpc) is 4.12.